The van der Waals surface area contributed by atoms with Crippen LogP contribution < -0.4 is 15.2 Å². The van der Waals surface area contributed by atoms with Crippen LogP contribution in [0.3, 0.4) is 0 Å². The van der Waals surface area contributed by atoms with Crippen molar-refractivity contribution in [1.29, 1.82) is 0 Å². The number of nitrogens with zero attached hydrogens (tertiary/aromatic N) is 1. The van der Waals surface area contributed by atoms with E-state index < -0.39 is 0 Å². The molecule has 2 unspecified atom stereocenters. The molecule has 0 bridgehead atoms. The van der Waals surface area contributed by atoms with Crippen LogP contribution in [0.25, 0.3) is 0 Å². The van der Waals surface area contributed by atoms with E-state index in [-0.39, 0.29) is 0 Å². The van der Waals surface area contributed by atoms with Crippen molar-refractivity contribution in [2.75, 3.05) is 33.9 Å². The highest BCUT2D eigenvalue weighted by atomic mass is 16.5. The predicted molar refractivity (Wildman–Crippen MR) is 74.7 cm³/mol. The van der Waals surface area contributed by atoms with Crippen LogP contribution in [0.5, 0.6) is 11.5 Å². The molecule has 0 spiro atoms. The van der Waals surface area contributed by atoms with Gasteiger partial charge in [0.05, 0.1) is 13.7 Å². The predicted octanol–water partition coefficient (Wildman–Crippen LogP) is 1.58. The van der Waals surface area contributed by atoms with Crippen LogP contribution >= 0.6 is 0 Å². The highest BCUT2D eigenvalue weighted by Gasteiger charge is 2.32. The molecule has 2 heterocycles. The molecule has 2 aliphatic heterocycles. The number of hydrogen-bond donors (Lipinski definition) is 1. The van der Waals surface area contributed by atoms with E-state index in [1.807, 2.05) is 0 Å². The second kappa shape index (κ2) is 5.02. The Morgan fingerprint density at radius 3 is 3.00 bits per heavy atom. The number of rotatable bonds is 3. The molecule has 1 aromatic rings. The highest BCUT2D eigenvalue weighted by molar-refractivity contribution is 5.49. The molecule has 1 fully saturated rings. The van der Waals surface area contributed by atoms with Crippen LogP contribution in [0.4, 0.5) is 0 Å². The lowest BCUT2D eigenvalue weighted by Crippen LogP contribution is -2.20. The Morgan fingerprint density at radius 1 is 1.47 bits per heavy atom. The minimum atomic E-state index is 0.387. The number of fused-ring (bicyclic) bond motifs is 1. The summed E-state index contributed by atoms with van der Waals surface area (Å²) in [5.74, 6) is 2.59. The number of methoxy groups -OCH3 is 1. The van der Waals surface area contributed by atoms with Gasteiger partial charge in [-0.15, -0.1) is 0 Å². The Morgan fingerprint density at radius 2 is 2.32 bits per heavy atom. The molecule has 4 heteroatoms. The lowest BCUT2D eigenvalue weighted by molar-refractivity contribution is 0.301. The first kappa shape index (κ1) is 12.8. The molecule has 1 saturated heterocycles. The molecule has 19 heavy (non-hydrogen) atoms. The van der Waals surface area contributed by atoms with Gasteiger partial charge in [0.15, 0.2) is 0 Å². The second-order valence-electron chi connectivity index (χ2n) is 5.59. The summed E-state index contributed by atoms with van der Waals surface area (Å²) in [7, 11) is 3.91. The quantitative estimate of drug-likeness (QED) is 0.898. The zero-order valence-electron chi connectivity index (χ0n) is 11.7. The summed E-state index contributed by atoms with van der Waals surface area (Å²) >= 11 is 0. The summed E-state index contributed by atoms with van der Waals surface area (Å²) in [6, 6.07) is 4.70. The lowest BCUT2D eigenvalue weighted by atomic mass is 9.97. The first-order chi connectivity index (χ1) is 9.22. The van der Waals surface area contributed by atoms with Gasteiger partial charge in [0.1, 0.15) is 11.5 Å². The van der Waals surface area contributed by atoms with E-state index in [0.717, 1.165) is 44.0 Å². The van der Waals surface area contributed by atoms with Gasteiger partial charge < -0.3 is 15.2 Å². The zero-order chi connectivity index (χ0) is 13.4. The fourth-order valence-electron chi connectivity index (χ4n) is 3.30. The Balaban J connectivity index is 1.95. The van der Waals surface area contributed by atoms with Crippen molar-refractivity contribution in [1.82, 2.24) is 4.90 Å². The molecular formula is C15H22N2O2. The minimum absolute atomic E-state index is 0.387. The molecule has 0 amide bonds. The van der Waals surface area contributed by atoms with Crippen molar-refractivity contribution in [3.63, 3.8) is 0 Å². The van der Waals surface area contributed by atoms with Gasteiger partial charge in [-0.3, -0.25) is 4.90 Å². The summed E-state index contributed by atoms with van der Waals surface area (Å²) in [5.41, 5.74) is 8.31. The Kier molecular flexibility index (Phi) is 3.37. The first-order valence-corrected chi connectivity index (χ1v) is 6.96. The lowest BCUT2D eigenvalue weighted by Gasteiger charge is -2.22. The van der Waals surface area contributed by atoms with E-state index in [2.05, 4.69) is 24.1 Å². The Hall–Kier alpha value is -1.26. The average molecular weight is 262 g/mol. The summed E-state index contributed by atoms with van der Waals surface area (Å²) in [5, 5.41) is 0. The smallest absolute Gasteiger partial charge is 0.124 e. The van der Waals surface area contributed by atoms with E-state index in [9.17, 15) is 0 Å². The van der Waals surface area contributed by atoms with Gasteiger partial charge >= 0.3 is 0 Å². The molecule has 3 rings (SSSR count). The van der Waals surface area contributed by atoms with E-state index in [1.54, 1.807) is 7.11 Å². The Bertz CT molecular complexity index is 475. The number of hydrogen-bond acceptors (Lipinski definition) is 4. The van der Waals surface area contributed by atoms with Gasteiger partial charge in [0.2, 0.25) is 0 Å². The third-order valence-corrected chi connectivity index (χ3v) is 4.37. The van der Waals surface area contributed by atoms with E-state index >= 15 is 0 Å². The van der Waals surface area contributed by atoms with Crippen molar-refractivity contribution >= 4 is 0 Å². The van der Waals surface area contributed by atoms with Crippen LogP contribution in [-0.2, 0) is 6.42 Å². The third kappa shape index (κ3) is 2.19. The number of likely N-dealkylation sites (tertiary alicyclic amines) is 1. The summed E-state index contributed by atoms with van der Waals surface area (Å²) in [4.78, 5) is 2.37. The molecule has 2 atom stereocenters. The van der Waals surface area contributed by atoms with Crippen molar-refractivity contribution < 1.29 is 9.47 Å². The largest absolute Gasteiger partial charge is 0.496 e. The number of nitrogens with two attached hydrogens (primary N) is 1. The second-order valence-corrected chi connectivity index (χ2v) is 5.59. The molecule has 2 N–H and O–H groups in total. The normalized spacial score (nSPS) is 26.3. The van der Waals surface area contributed by atoms with Gasteiger partial charge in [-0.2, -0.15) is 0 Å². The van der Waals surface area contributed by atoms with E-state index in [0.29, 0.717) is 12.0 Å². The highest BCUT2D eigenvalue weighted by Crippen LogP contribution is 2.42. The molecule has 4 nitrogen and oxygen atoms in total. The molecule has 0 aromatic heterocycles. The fraction of sp³-hybridized carbons (Fsp3) is 0.600. The van der Waals surface area contributed by atoms with Crippen molar-refractivity contribution in [2.45, 2.75) is 18.9 Å². The number of benzene rings is 1. The maximum absolute atomic E-state index is 5.81. The van der Waals surface area contributed by atoms with Crippen molar-refractivity contribution in [3.05, 3.63) is 23.3 Å². The van der Waals surface area contributed by atoms with Crippen LogP contribution in [0, 0.1) is 5.92 Å². The zero-order valence-corrected chi connectivity index (χ0v) is 11.7. The molecule has 0 radical (unpaired) electrons. The van der Waals surface area contributed by atoms with Gasteiger partial charge in [-0.05, 0) is 38.1 Å². The molecule has 0 aliphatic carbocycles. The van der Waals surface area contributed by atoms with Gasteiger partial charge in [-0.25, -0.2) is 0 Å². The first-order valence-electron chi connectivity index (χ1n) is 6.96. The molecule has 2 aliphatic rings. The average Bonchev–Trinajstić information content (AvgIpc) is 3.02. The van der Waals surface area contributed by atoms with Gasteiger partial charge in [0.25, 0.3) is 0 Å². The number of ether oxygens (including phenoxy) is 2. The minimum Gasteiger partial charge on any atom is -0.496 e. The van der Waals surface area contributed by atoms with Crippen LogP contribution in [0.1, 0.15) is 23.6 Å². The SMILES string of the molecule is COc1cc2c(cc1C1CC(CN)CN1C)OCC2. The molecule has 1 aromatic carbocycles. The van der Waals surface area contributed by atoms with Crippen LogP contribution in [-0.4, -0.2) is 38.8 Å². The van der Waals surface area contributed by atoms with Crippen LogP contribution in [0.15, 0.2) is 12.1 Å². The maximum Gasteiger partial charge on any atom is 0.124 e. The summed E-state index contributed by atoms with van der Waals surface area (Å²) in [6.45, 7) is 2.60. The fourth-order valence-corrected chi connectivity index (χ4v) is 3.30. The van der Waals surface area contributed by atoms with Crippen molar-refractivity contribution in [3.8, 4) is 11.5 Å². The maximum atomic E-state index is 5.81. The van der Waals surface area contributed by atoms with Gasteiger partial charge in [-0.1, -0.05) is 0 Å². The topological polar surface area (TPSA) is 47.7 Å². The van der Waals surface area contributed by atoms with E-state index in [1.165, 1.54) is 11.1 Å². The molecule has 0 saturated carbocycles. The standard InChI is InChI=1S/C15H22N2O2/c1-17-9-10(8-16)5-13(17)12-7-14-11(3-4-19-14)6-15(12)18-2/h6-7,10,13H,3-5,8-9,16H2,1-2H3. The molecular weight excluding hydrogens is 240 g/mol. The van der Waals surface area contributed by atoms with Gasteiger partial charge in [0, 0.05) is 30.1 Å². The molecule has 104 valence electrons. The third-order valence-electron chi connectivity index (χ3n) is 4.37. The monoisotopic (exact) mass is 262 g/mol. The Labute approximate surface area is 114 Å². The van der Waals surface area contributed by atoms with Crippen LogP contribution in [0.2, 0.25) is 0 Å². The summed E-state index contributed by atoms with van der Waals surface area (Å²) < 4.78 is 11.3. The van der Waals surface area contributed by atoms with Crippen molar-refractivity contribution in [2.24, 2.45) is 11.7 Å². The summed E-state index contributed by atoms with van der Waals surface area (Å²) in [6.07, 6.45) is 2.08. The van der Waals surface area contributed by atoms with E-state index in [4.69, 9.17) is 15.2 Å².